The third-order valence-electron chi connectivity index (χ3n) is 5.47. The average molecular weight is 358 g/mol. The maximum absolute atomic E-state index is 3.99. The molecule has 0 saturated heterocycles. The number of aryl methyl sites for hydroxylation is 2. The van der Waals surface area contributed by atoms with Gasteiger partial charge in [0, 0.05) is 6.04 Å². The van der Waals surface area contributed by atoms with Crippen molar-refractivity contribution in [2.24, 2.45) is 5.92 Å². The number of rotatable bonds is 8. The zero-order valence-electron chi connectivity index (χ0n) is 18.9. The number of hydrogen-bond donors (Lipinski definition) is 1. The van der Waals surface area contributed by atoms with E-state index in [0.717, 1.165) is 11.5 Å². The first-order valence-corrected chi connectivity index (χ1v) is 10.3. The number of allylic oxidation sites excluding steroid dienone is 3. The number of hydrogen-bond acceptors (Lipinski definition) is 1. The van der Waals surface area contributed by atoms with Crippen LogP contribution in [0.25, 0.3) is 5.57 Å². The van der Waals surface area contributed by atoms with Crippen LogP contribution in [0, 0.1) is 19.8 Å². The van der Waals surface area contributed by atoms with Crippen LogP contribution < -0.4 is 5.32 Å². The molecule has 1 rings (SSSR count). The van der Waals surface area contributed by atoms with Crippen LogP contribution in [-0.4, -0.2) is 13.1 Å². The van der Waals surface area contributed by atoms with Gasteiger partial charge >= 0.3 is 0 Å². The van der Waals surface area contributed by atoms with E-state index in [4.69, 9.17) is 0 Å². The summed E-state index contributed by atoms with van der Waals surface area (Å²) in [5, 5.41) is 3.33. The van der Waals surface area contributed by atoms with Gasteiger partial charge in [-0.3, -0.25) is 0 Å². The predicted octanol–water partition coefficient (Wildman–Crippen LogP) is 7.48. The first-order chi connectivity index (χ1) is 12.2. The molecule has 0 aromatic heterocycles. The molecule has 1 aromatic rings. The molecule has 0 aliphatic rings. The Morgan fingerprint density at radius 2 is 1.58 bits per heavy atom. The minimum atomic E-state index is 0.690. The molecule has 0 saturated carbocycles. The molecule has 148 valence electrons. The van der Waals surface area contributed by atoms with Crippen molar-refractivity contribution in [1.82, 2.24) is 5.32 Å². The van der Waals surface area contributed by atoms with Crippen molar-refractivity contribution in [2.45, 2.75) is 87.1 Å². The van der Waals surface area contributed by atoms with Crippen molar-refractivity contribution in [3.63, 3.8) is 0 Å². The van der Waals surface area contributed by atoms with Gasteiger partial charge in [-0.2, -0.15) is 0 Å². The highest BCUT2D eigenvalue weighted by Gasteiger charge is 2.12. The zero-order chi connectivity index (χ0) is 20.3. The normalized spacial score (nSPS) is 13.0. The zero-order valence-corrected chi connectivity index (χ0v) is 18.9. The SMILES string of the molecule is C=C(C)/C(C)=C(/C)c1ccc(C)cc1C.CCCC(CCC)C(C)NC. The largest absolute Gasteiger partial charge is 0.317 e. The van der Waals surface area contributed by atoms with Gasteiger partial charge in [0.2, 0.25) is 0 Å². The van der Waals surface area contributed by atoms with Crippen molar-refractivity contribution >= 4 is 5.57 Å². The minimum absolute atomic E-state index is 0.690. The highest BCUT2D eigenvalue weighted by atomic mass is 14.9. The molecule has 0 radical (unpaired) electrons. The van der Waals surface area contributed by atoms with E-state index in [9.17, 15) is 0 Å². The molecule has 0 bridgehead atoms. The Kier molecular flexibility index (Phi) is 12.3. The van der Waals surface area contributed by atoms with Gasteiger partial charge in [0.15, 0.2) is 0 Å². The molecule has 1 unspecified atom stereocenters. The Hall–Kier alpha value is -1.34. The van der Waals surface area contributed by atoms with Gasteiger partial charge in [-0.05, 0) is 89.6 Å². The molecule has 0 heterocycles. The second-order valence-corrected chi connectivity index (χ2v) is 7.76. The van der Waals surface area contributed by atoms with Gasteiger partial charge in [-0.1, -0.05) is 62.6 Å². The lowest BCUT2D eigenvalue weighted by molar-refractivity contribution is 0.343. The van der Waals surface area contributed by atoms with E-state index in [1.807, 2.05) is 0 Å². The van der Waals surface area contributed by atoms with Crippen molar-refractivity contribution in [3.8, 4) is 0 Å². The van der Waals surface area contributed by atoms with Crippen LogP contribution in [0.1, 0.15) is 83.9 Å². The molecular weight excluding hydrogens is 314 g/mol. The average Bonchev–Trinajstić information content (AvgIpc) is 2.60. The van der Waals surface area contributed by atoms with Gasteiger partial charge in [0.25, 0.3) is 0 Å². The van der Waals surface area contributed by atoms with Crippen LogP contribution in [0.5, 0.6) is 0 Å². The van der Waals surface area contributed by atoms with E-state index in [1.54, 1.807) is 0 Å². The molecule has 26 heavy (non-hydrogen) atoms. The van der Waals surface area contributed by atoms with E-state index in [0.29, 0.717) is 6.04 Å². The van der Waals surface area contributed by atoms with E-state index < -0.39 is 0 Å². The van der Waals surface area contributed by atoms with Crippen molar-refractivity contribution in [3.05, 3.63) is 52.6 Å². The molecule has 1 nitrogen and oxygen atoms in total. The minimum Gasteiger partial charge on any atom is -0.317 e. The Labute approximate surface area is 164 Å². The van der Waals surface area contributed by atoms with Gasteiger partial charge < -0.3 is 5.32 Å². The first kappa shape index (κ1) is 24.7. The Balaban J connectivity index is 0.000000508. The molecular formula is C25H43N. The summed E-state index contributed by atoms with van der Waals surface area (Å²) in [6, 6.07) is 7.28. The topological polar surface area (TPSA) is 12.0 Å². The fourth-order valence-electron chi connectivity index (χ4n) is 3.38. The third kappa shape index (κ3) is 8.36. The highest BCUT2D eigenvalue weighted by molar-refractivity contribution is 5.72. The van der Waals surface area contributed by atoms with Crippen LogP contribution in [0.4, 0.5) is 0 Å². The summed E-state index contributed by atoms with van der Waals surface area (Å²) >= 11 is 0. The molecule has 0 aliphatic carbocycles. The van der Waals surface area contributed by atoms with Crippen LogP contribution in [0.15, 0.2) is 35.9 Å². The number of nitrogens with one attached hydrogen (secondary N) is 1. The van der Waals surface area contributed by atoms with E-state index in [-0.39, 0.29) is 0 Å². The van der Waals surface area contributed by atoms with Crippen LogP contribution in [-0.2, 0) is 0 Å². The van der Waals surface area contributed by atoms with Gasteiger partial charge in [0.1, 0.15) is 0 Å². The molecule has 0 fully saturated rings. The third-order valence-corrected chi connectivity index (χ3v) is 5.47. The van der Waals surface area contributed by atoms with Gasteiger partial charge in [0.05, 0.1) is 0 Å². The number of benzene rings is 1. The maximum atomic E-state index is 3.99. The van der Waals surface area contributed by atoms with E-state index in [1.165, 1.54) is 53.5 Å². The molecule has 1 aromatic carbocycles. The van der Waals surface area contributed by atoms with Crippen LogP contribution in [0.3, 0.4) is 0 Å². The summed E-state index contributed by atoms with van der Waals surface area (Å²) in [6.45, 7) is 21.5. The molecule has 1 heteroatoms. The summed E-state index contributed by atoms with van der Waals surface area (Å²) in [5.41, 5.74) is 7.76. The predicted molar refractivity (Wildman–Crippen MR) is 121 cm³/mol. The second kappa shape index (κ2) is 12.9. The summed E-state index contributed by atoms with van der Waals surface area (Å²) in [7, 11) is 2.06. The molecule has 0 amide bonds. The van der Waals surface area contributed by atoms with Crippen molar-refractivity contribution in [2.75, 3.05) is 7.05 Å². The second-order valence-electron chi connectivity index (χ2n) is 7.76. The highest BCUT2D eigenvalue weighted by Crippen LogP contribution is 2.25. The van der Waals surface area contributed by atoms with Gasteiger partial charge in [-0.25, -0.2) is 0 Å². The summed E-state index contributed by atoms with van der Waals surface area (Å²) in [6.07, 6.45) is 5.37. The van der Waals surface area contributed by atoms with Gasteiger partial charge in [-0.15, -0.1) is 0 Å². The lowest BCUT2D eigenvalue weighted by Crippen LogP contribution is -2.30. The Morgan fingerprint density at radius 1 is 1.04 bits per heavy atom. The summed E-state index contributed by atoms with van der Waals surface area (Å²) in [5.74, 6) is 0.884. The molecule has 0 aliphatic heterocycles. The first-order valence-electron chi connectivity index (χ1n) is 10.3. The maximum Gasteiger partial charge on any atom is 0.00639 e. The standard InChI is InChI=1S/C15H20.C10H23N/c1-10(2)13(5)14(6)15-8-7-11(3)9-12(15)4;1-5-7-10(8-6-2)9(3)11-4/h7-9H,1H2,2-6H3;9-11H,5-8H2,1-4H3/b14-13-;. The van der Waals surface area contributed by atoms with E-state index in [2.05, 4.69) is 92.5 Å². The molecule has 1 atom stereocenters. The molecule has 1 N–H and O–H groups in total. The fraction of sp³-hybridized carbons (Fsp3) is 0.600. The lowest BCUT2D eigenvalue weighted by Gasteiger charge is -2.22. The van der Waals surface area contributed by atoms with Crippen molar-refractivity contribution < 1.29 is 0 Å². The van der Waals surface area contributed by atoms with E-state index >= 15 is 0 Å². The van der Waals surface area contributed by atoms with Crippen molar-refractivity contribution in [1.29, 1.82) is 0 Å². The Bertz CT molecular complexity index is 574. The van der Waals surface area contributed by atoms with Crippen LogP contribution >= 0.6 is 0 Å². The summed E-state index contributed by atoms with van der Waals surface area (Å²) in [4.78, 5) is 0. The monoisotopic (exact) mass is 357 g/mol. The summed E-state index contributed by atoms with van der Waals surface area (Å²) < 4.78 is 0. The molecule has 0 spiro atoms. The van der Waals surface area contributed by atoms with Crippen LogP contribution in [0.2, 0.25) is 0 Å². The lowest BCUT2D eigenvalue weighted by atomic mass is 9.92. The quantitative estimate of drug-likeness (QED) is 0.475. The smallest absolute Gasteiger partial charge is 0.00639 e. The Morgan fingerprint density at radius 3 is 1.96 bits per heavy atom. The fourth-order valence-corrected chi connectivity index (χ4v) is 3.38.